The molecule has 0 unspecified atom stereocenters. The number of fused-ring (bicyclic) bond motifs is 2. The van der Waals surface area contributed by atoms with Crippen molar-refractivity contribution >= 4 is 33.5 Å². The van der Waals surface area contributed by atoms with Crippen LogP contribution in [-0.2, 0) is 25.9 Å². The molecule has 0 N–H and O–H groups in total. The highest BCUT2D eigenvalue weighted by atomic mass is 35.5. The van der Waals surface area contributed by atoms with Gasteiger partial charge in [-0.25, -0.2) is 0 Å². The quantitative estimate of drug-likeness (QED) is 0.282. The zero-order chi connectivity index (χ0) is 22.2. The molecule has 0 saturated heterocycles. The van der Waals surface area contributed by atoms with Crippen LogP contribution in [0.3, 0.4) is 0 Å². The summed E-state index contributed by atoms with van der Waals surface area (Å²) >= 11 is 6.29. The summed E-state index contributed by atoms with van der Waals surface area (Å²) in [6, 6.07) is 15.6. The van der Waals surface area contributed by atoms with E-state index < -0.39 is 0 Å². The van der Waals surface area contributed by atoms with Crippen LogP contribution >= 0.6 is 11.6 Å². The number of halogens is 1. The second-order valence-corrected chi connectivity index (χ2v) is 9.16. The highest BCUT2D eigenvalue weighted by molar-refractivity contribution is 6.31. The van der Waals surface area contributed by atoms with E-state index in [4.69, 9.17) is 11.6 Å². The number of unbranched alkanes of at least 4 members (excludes halogenated alkanes) is 2. The van der Waals surface area contributed by atoms with Crippen LogP contribution < -0.4 is 11.0 Å². The van der Waals surface area contributed by atoms with Crippen LogP contribution in [0.2, 0.25) is 5.02 Å². The minimum atomic E-state index is -0.00906. The Bertz CT molecular complexity index is 1430. The third-order valence-electron chi connectivity index (χ3n) is 6.64. The minimum absolute atomic E-state index is 0.00906. The lowest BCUT2D eigenvalue weighted by Gasteiger charge is -2.26. The highest BCUT2D eigenvalue weighted by Gasteiger charge is 2.25. The molecule has 0 amide bonds. The average Bonchev–Trinajstić information content (AvgIpc) is 2.81. The maximum Gasteiger partial charge on any atom is 0.255 e. The molecule has 0 bridgehead atoms. The summed E-state index contributed by atoms with van der Waals surface area (Å²) < 4.78 is 4.00. The van der Waals surface area contributed by atoms with E-state index in [9.17, 15) is 9.59 Å². The van der Waals surface area contributed by atoms with Gasteiger partial charge in [-0.3, -0.25) is 14.2 Å². The SMILES string of the molecule is CCCCCc1c(Cc2ccccc2)c(=O)n2c3c1c(=O)c1cc(Cl)ccc1n3CCC2. The van der Waals surface area contributed by atoms with Crippen LogP contribution in [0.5, 0.6) is 0 Å². The number of rotatable bonds is 6. The standard InChI is InChI=1S/C27H27ClN2O2/c1-2-3-5-11-20-21(16-18-9-6-4-7-10-18)27(32)30-15-8-14-29-23-13-12-19(28)17-22(23)25(31)24(20)26(29)30/h4,6-7,9-10,12-13,17H,2-3,5,8,11,14-16H2,1H3. The molecule has 0 saturated carbocycles. The molecule has 4 nitrogen and oxygen atoms in total. The molecule has 2 aromatic carbocycles. The van der Waals surface area contributed by atoms with Crippen molar-refractivity contribution in [2.24, 2.45) is 0 Å². The summed E-state index contributed by atoms with van der Waals surface area (Å²) in [7, 11) is 0. The van der Waals surface area contributed by atoms with Gasteiger partial charge >= 0.3 is 0 Å². The van der Waals surface area contributed by atoms with E-state index in [-0.39, 0.29) is 11.0 Å². The second-order valence-electron chi connectivity index (χ2n) is 8.73. The highest BCUT2D eigenvalue weighted by Crippen LogP contribution is 2.29. The van der Waals surface area contributed by atoms with Gasteiger partial charge in [-0.05, 0) is 48.6 Å². The van der Waals surface area contributed by atoms with Gasteiger partial charge in [0.05, 0.1) is 10.9 Å². The number of nitrogens with zero attached hydrogens (tertiary/aromatic N) is 2. The van der Waals surface area contributed by atoms with Crippen LogP contribution in [0.25, 0.3) is 21.9 Å². The number of hydrogen-bond donors (Lipinski definition) is 0. The molecule has 164 valence electrons. The lowest BCUT2D eigenvalue weighted by Crippen LogP contribution is -2.34. The molecule has 5 rings (SSSR count). The van der Waals surface area contributed by atoms with Gasteiger partial charge in [0.25, 0.3) is 5.56 Å². The third kappa shape index (κ3) is 3.47. The fourth-order valence-corrected chi connectivity index (χ4v) is 5.31. The molecular formula is C27H27ClN2O2. The molecule has 0 fully saturated rings. The van der Waals surface area contributed by atoms with Gasteiger partial charge < -0.3 is 4.57 Å². The zero-order valence-electron chi connectivity index (χ0n) is 18.4. The van der Waals surface area contributed by atoms with E-state index >= 15 is 0 Å². The maximum absolute atomic E-state index is 13.9. The van der Waals surface area contributed by atoms with E-state index in [1.807, 2.05) is 47.0 Å². The number of hydrogen-bond acceptors (Lipinski definition) is 2. The summed E-state index contributed by atoms with van der Waals surface area (Å²) in [4.78, 5) is 27.7. The monoisotopic (exact) mass is 446 g/mol. The van der Waals surface area contributed by atoms with Crippen molar-refractivity contribution in [2.45, 2.75) is 58.5 Å². The van der Waals surface area contributed by atoms with Gasteiger partial charge in [-0.2, -0.15) is 0 Å². The first kappa shape index (κ1) is 21.0. The van der Waals surface area contributed by atoms with E-state index in [1.165, 1.54) is 0 Å². The Balaban J connectivity index is 1.89. The Morgan fingerprint density at radius 3 is 2.50 bits per heavy atom. The van der Waals surface area contributed by atoms with Gasteiger partial charge in [0.1, 0.15) is 5.65 Å². The molecule has 1 aliphatic rings. The first-order valence-corrected chi connectivity index (χ1v) is 11.9. The van der Waals surface area contributed by atoms with Gasteiger partial charge in [-0.15, -0.1) is 0 Å². The molecule has 0 radical (unpaired) electrons. The fraction of sp³-hybridized carbons (Fsp3) is 0.333. The van der Waals surface area contributed by atoms with Crippen LogP contribution in [0.15, 0.2) is 58.1 Å². The number of benzene rings is 2. The van der Waals surface area contributed by atoms with Gasteiger partial charge in [0.15, 0.2) is 5.43 Å². The molecule has 4 aromatic rings. The van der Waals surface area contributed by atoms with Crippen molar-refractivity contribution in [1.82, 2.24) is 9.13 Å². The molecule has 0 aliphatic carbocycles. The fourth-order valence-electron chi connectivity index (χ4n) is 5.13. The molecule has 5 heteroatoms. The van der Waals surface area contributed by atoms with Crippen molar-refractivity contribution in [3.05, 3.63) is 90.8 Å². The molecular weight excluding hydrogens is 420 g/mol. The molecule has 0 spiro atoms. The van der Waals surface area contributed by atoms with Crippen LogP contribution in [-0.4, -0.2) is 9.13 Å². The third-order valence-corrected chi connectivity index (χ3v) is 6.88. The molecule has 1 aliphatic heterocycles. The number of aryl methyl sites for hydroxylation is 3. The van der Waals surface area contributed by atoms with E-state index in [1.54, 1.807) is 6.07 Å². The van der Waals surface area contributed by atoms with Crippen molar-refractivity contribution in [3.8, 4) is 0 Å². The molecule has 0 atom stereocenters. The maximum atomic E-state index is 13.9. The summed E-state index contributed by atoms with van der Waals surface area (Å²) in [5, 5.41) is 1.91. The van der Waals surface area contributed by atoms with Crippen molar-refractivity contribution < 1.29 is 0 Å². The van der Waals surface area contributed by atoms with Crippen LogP contribution in [0, 0.1) is 0 Å². The summed E-state index contributed by atoms with van der Waals surface area (Å²) in [5.74, 6) is 0. The number of aromatic nitrogens is 2. The van der Waals surface area contributed by atoms with Crippen molar-refractivity contribution in [3.63, 3.8) is 0 Å². The molecule has 32 heavy (non-hydrogen) atoms. The predicted molar refractivity (Wildman–Crippen MR) is 132 cm³/mol. The largest absolute Gasteiger partial charge is 0.326 e. The normalized spacial score (nSPS) is 13.2. The topological polar surface area (TPSA) is 44.0 Å². The first-order valence-electron chi connectivity index (χ1n) is 11.5. The first-order chi connectivity index (χ1) is 15.6. The summed E-state index contributed by atoms with van der Waals surface area (Å²) in [6.45, 7) is 3.60. The van der Waals surface area contributed by atoms with Gasteiger partial charge in [-0.1, -0.05) is 61.7 Å². The van der Waals surface area contributed by atoms with Gasteiger partial charge in [0.2, 0.25) is 0 Å². The number of pyridine rings is 2. The van der Waals surface area contributed by atoms with E-state index in [0.717, 1.165) is 66.5 Å². The smallest absolute Gasteiger partial charge is 0.255 e. The average molecular weight is 447 g/mol. The Morgan fingerprint density at radius 1 is 0.938 bits per heavy atom. The lowest BCUT2D eigenvalue weighted by atomic mass is 9.93. The van der Waals surface area contributed by atoms with Crippen molar-refractivity contribution in [2.75, 3.05) is 0 Å². The Labute approximate surface area is 192 Å². The Kier molecular flexibility index (Phi) is 5.64. The predicted octanol–water partition coefficient (Wildman–Crippen LogP) is 5.70. The van der Waals surface area contributed by atoms with Crippen molar-refractivity contribution in [1.29, 1.82) is 0 Å². The van der Waals surface area contributed by atoms with E-state index in [2.05, 4.69) is 11.5 Å². The van der Waals surface area contributed by atoms with Crippen LogP contribution in [0.4, 0.5) is 0 Å². The second kappa shape index (κ2) is 8.59. The molecule has 2 aromatic heterocycles. The minimum Gasteiger partial charge on any atom is -0.326 e. The lowest BCUT2D eigenvalue weighted by molar-refractivity contribution is 0.521. The summed E-state index contributed by atoms with van der Waals surface area (Å²) in [5.41, 5.74) is 4.47. The Morgan fingerprint density at radius 2 is 1.72 bits per heavy atom. The van der Waals surface area contributed by atoms with Gasteiger partial charge in [0, 0.05) is 35.5 Å². The molecule has 3 heterocycles. The zero-order valence-corrected chi connectivity index (χ0v) is 19.1. The Hall–Kier alpha value is -2.85. The van der Waals surface area contributed by atoms with Crippen LogP contribution in [0.1, 0.15) is 49.3 Å². The van der Waals surface area contributed by atoms with E-state index in [0.29, 0.717) is 28.8 Å². The summed E-state index contributed by atoms with van der Waals surface area (Å²) in [6.07, 6.45) is 5.27.